The summed E-state index contributed by atoms with van der Waals surface area (Å²) in [5, 5.41) is 18.4. The van der Waals surface area contributed by atoms with Crippen molar-refractivity contribution in [1.82, 2.24) is 15.0 Å². The summed E-state index contributed by atoms with van der Waals surface area (Å²) in [5.74, 6) is -6.74. The Kier molecular flexibility index (Phi) is 3.13. The molecule has 1 aromatic heterocycles. The van der Waals surface area contributed by atoms with Crippen molar-refractivity contribution in [3.8, 4) is 0 Å². The highest BCUT2D eigenvalue weighted by molar-refractivity contribution is 5.82. The van der Waals surface area contributed by atoms with Crippen LogP contribution in [0.15, 0.2) is 12.4 Å². The summed E-state index contributed by atoms with van der Waals surface area (Å²) in [6.07, 6.45) is 1.88. The second kappa shape index (κ2) is 4.18. The fourth-order valence-corrected chi connectivity index (χ4v) is 0.964. The van der Waals surface area contributed by atoms with E-state index < -0.39 is 29.2 Å². The SMILES string of the molecule is O=C(NO)C(F)(F)Cn1ccnc1[N+](=O)[O-]. The van der Waals surface area contributed by atoms with E-state index in [-0.39, 0.29) is 0 Å². The minimum atomic E-state index is -3.97. The first-order chi connectivity index (χ1) is 7.38. The van der Waals surface area contributed by atoms with Crippen molar-refractivity contribution in [2.24, 2.45) is 0 Å². The van der Waals surface area contributed by atoms with E-state index in [1.165, 1.54) is 0 Å². The normalized spacial score (nSPS) is 11.2. The highest BCUT2D eigenvalue weighted by Gasteiger charge is 2.42. The van der Waals surface area contributed by atoms with Crippen LogP contribution in [0.4, 0.5) is 14.7 Å². The largest absolute Gasteiger partial charge is 0.434 e. The van der Waals surface area contributed by atoms with Crippen molar-refractivity contribution in [1.29, 1.82) is 0 Å². The van der Waals surface area contributed by atoms with Crippen molar-refractivity contribution in [2.75, 3.05) is 0 Å². The van der Waals surface area contributed by atoms with Gasteiger partial charge in [0.15, 0.2) is 0 Å². The minimum absolute atomic E-state index is 0.495. The topological polar surface area (TPSA) is 110 Å². The van der Waals surface area contributed by atoms with Crippen LogP contribution in [0.2, 0.25) is 0 Å². The average Bonchev–Trinajstić information content (AvgIpc) is 2.63. The zero-order chi connectivity index (χ0) is 12.3. The summed E-state index contributed by atoms with van der Waals surface area (Å²) in [7, 11) is 0. The Balaban J connectivity index is 2.92. The molecule has 0 aliphatic carbocycles. The molecule has 0 aliphatic rings. The first-order valence-corrected chi connectivity index (χ1v) is 3.86. The van der Waals surface area contributed by atoms with Crippen LogP contribution in [0.3, 0.4) is 0 Å². The molecule has 0 unspecified atom stereocenters. The molecule has 1 rings (SSSR count). The molecule has 0 saturated carbocycles. The molecule has 0 fully saturated rings. The maximum absolute atomic E-state index is 13.0. The molecule has 0 spiro atoms. The maximum atomic E-state index is 13.0. The molecule has 1 aromatic rings. The summed E-state index contributed by atoms with van der Waals surface area (Å²) >= 11 is 0. The highest BCUT2D eigenvalue weighted by Crippen LogP contribution is 2.19. The number of amides is 1. The fraction of sp³-hybridized carbons (Fsp3) is 0.333. The van der Waals surface area contributed by atoms with Gasteiger partial charge in [-0.1, -0.05) is 4.98 Å². The zero-order valence-corrected chi connectivity index (χ0v) is 7.63. The molecular formula is C6H6F2N4O4. The number of nitro groups is 1. The molecule has 0 atom stereocenters. The molecule has 2 N–H and O–H groups in total. The minimum Gasteiger partial charge on any atom is -0.390 e. The lowest BCUT2D eigenvalue weighted by Crippen LogP contribution is -2.41. The molecule has 1 heterocycles. The van der Waals surface area contributed by atoms with Crippen molar-refractivity contribution in [3.05, 3.63) is 22.5 Å². The molecule has 8 nitrogen and oxygen atoms in total. The van der Waals surface area contributed by atoms with Crippen LogP contribution in [0, 0.1) is 10.1 Å². The van der Waals surface area contributed by atoms with Crippen molar-refractivity contribution in [2.45, 2.75) is 12.5 Å². The number of nitrogens with zero attached hydrogens (tertiary/aromatic N) is 3. The number of hydrogen-bond donors (Lipinski definition) is 2. The molecule has 10 heteroatoms. The van der Waals surface area contributed by atoms with Crippen LogP contribution in [0.5, 0.6) is 0 Å². The van der Waals surface area contributed by atoms with E-state index >= 15 is 0 Å². The predicted octanol–water partition coefficient (Wildman–Crippen LogP) is -0.0680. The molecule has 0 radical (unpaired) electrons. The third kappa shape index (κ3) is 2.28. The van der Waals surface area contributed by atoms with Crippen molar-refractivity contribution in [3.63, 3.8) is 0 Å². The van der Waals surface area contributed by atoms with Gasteiger partial charge < -0.3 is 10.1 Å². The number of carbonyl (C=O) groups excluding carboxylic acids is 1. The number of carbonyl (C=O) groups is 1. The maximum Gasteiger partial charge on any atom is 0.434 e. The first kappa shape index (κ1) is 12.0. The van der Waals surface area contributed by atoms with Gasteiger partial charge in [-0.2, -0.15) is 8.78 Å². The van der Waals surface area contributed by atoms with E-state index in [2.05, 4.69) is 4.98 Å². The molecule has 0 saturated heterocycles. The van der Waals surface area contributed by atoms with Crippen molar-refractivity contribution < 1.29 is 23.7 Å². The number of hydrogen-bond acceptors (Lipinski definition) is 5. The Bertz CT molecular complexity index is 418. The van der Waals surface area contributed by atoms with Crippen molar-refractivity contribution >= 4 is 11.9 Å². The van der Waals surface area contributed by atoms with Gasteiger partial charge in [-0.3, -0.25) is 10.0 Å². The van der Waals surface area contributed by atoms with E-state index in [1.807, 2.05) is 0 Å². The monoisotopic (exact) mass is 236 g/mol. The van der Waals surface area contributed by atoms with E-state index in [1.54, 1.807) is 0 Å². The van der Waals surface area contributed by atoms with Gasteiger partial charge in [0.2, 0.25) is 0 Å². The van der Waals surface area contributed by atoms with Crippen LogP contribution >= 0.6 is 0 Å². The Morgan fingerprint density at radius 1 is 1.75 bits per heavy atom. The Hall–Kier alpha value is -2.10. The van der Waals surface area contributed by atoms with Gasteiger partial charge in [0.05, 0.1) is 0 Å². The fourth-order valence-electron chi connectivity index (χ4n) is 0.964. The van der Waals surface area contributed by atoms with Gasteiger partial charge >= 0.3 is 17.8 Å². The Morgan fingerprint density at radius 2 is 2.38 bits per heavy atom. The van der Waals surface area contributed by atoms with E-state index in [0.29, 0.717) is 4.57 Å². The van der Waals surface area contributed by atoms with E-state index in [9.17, 15) is 23.7 Å². The molecule has 88 valence electrons. The van der Waals surface area contributed by atoms with Crippen LogP contribution in [-0.4, -0.2) is 31.5 Å². The van der Waals surface area contributed by atoms with Crippen LogP contribution in [-0.2, 0) is 11.3 Å². The number of hydroxylamine groups is 1. The Morgan fingerprint density at radius 3 is 2.88 bits per heavy atom. The standard InChI is InChI=1S/C6H6F2N4O4/c7-6(8,4(13)10-14)3-11-2-1-9-5(11)12(15)16/h1-2,14H,3H2,(H,10,13). The Labute approximate surface area is 86.6 Å². The lowest BCUT2D eigenvalue weighted by molar-refractivity contribution is -0.397. The second-order valence-electron chi connectivity index (χ2n) is 2.76. The number of halogens is 2. The van der Waals surface area contributed by atoms with Gasteiger partial charge in [0.1, 0.15) is 18.9 Å². The summed E-state index contributed by atoms with van der Waals surface area (Å²) in [6.45, 7) is -1.28. The molecular weight excluding hydrogens is 230 g/mol. The van der Waals surface area contributed by atoms with Crippen LogP contribution < -0.4 is 5.48 Å². The third-order valence-electron chi connectivity index (χ3n) is 1.66. The predicted molar refractivity (Wildman–Crippen MR) is 43.8 cm³/mol. The summed E-state index contributed by atoms with van der Waals surface area (Å²) < 4.78 is 26.5. The number of rotatable bonds is 4. The quantitative estimate of drug-likeness (QED) is 0.432. The van der Waals surface area contributed by atoms with E-state index in [0.717, 1.165) is 17.9 Å². The van der Waals surface area contributed by atoms with Crippen LogP contribution in [0.25, 0.3) is 0 Å². The van der Waals surface area contributed by atoms with E-state index in [4.69, 9.17) is 5.21 Å². The van der Waals surface area contributed by atoms with Gasteiger partial charge in [-0.05, 0) is 4.92 Å². The summed E-state index contributed by atoms with van der Waals surface area (Å²) in [4.78, 5) is 23.1. The van der Waals surface area contributed by atoms with Gasteiger partial charge in [-0.15, -0.1) is 0 Å². The summed E-state index contributed by atoms with van der Waals surface area (Å²) in [6, 6.07) is 0. The molecule has 0 aliphatic heterocycles. The lowest BCUT2D eigenvalue weighted by atomic mass is 10.3. The third-order valence-corrected chi connectivity index (χ3v) is 1.66. The summed E-state index contributed by atoms with van der Waals surface area (Å²) in [5.41, 5.74) is 0.774. The smallest absolute Gasteiger partial charge is 0.390 e. The van der Waals surface area contributed by atoms with Gasteiger partial charge in [0, 0.05) is 0 Å². The number of nitrogens with one attached hydrogen (secondary N) is 1. The lowest BCUT2D eigenvalue weighted by Gasteiger charge is -2.12. The second-order valence-corrected chi connectivity index (χ2v) is 2.76. The van der Waals surface area contributed by atoms with Gasteiger partial charge in [0.25, 0.3) is 0 Å². The molecule has 0 aromatic carbocycles. The zero-order valence-electron chi connectivity index (χ0n) is 7.63. The molecule has 16 heavy (non-hydrogen) atoms. The molecule has 0 bridgehead atoms. The molecule has 1 amide bonds. The first-order valence-electron chi connectivity index (χ1n) is 3.86. The number of aromatic nitrogens is 2. The number of alkyl halides is 2. The number of imidazole rings is 1. The van der Waals surface area contributed by atoms with Crippen LogP contribution in [0.1, 0.15) is 0 Å². The van der Waals surface area contributed by atoms with Gasteiger partial charge in [-0.25, -0.2) is 10.0 Å². The average molecular weight is 236 g/mol. The highest BCUT2D eigenvalue weighted by atomic mass is 19.3.